The largest absolute Gasteiger partial charge is 0.396 e. The van der Waals surface area contributed by atoms with Crippen LogP contribution in [0.15, 0.2) is 0 Å². The molecule has 0 saturated heterocycles. The maximum absolute atomic E-state index is 10.6. The van der Waals surface area contributed by atoms with E-state index in [1.54, 1.807) is 0 Å². The molecule has 0 fully saturated rings. The molecule has 2 unspecified atom stereocenters. The Bertz CT molecular complexity index is 136. The van der Waals surface area contributed by atoms with Crippen LogP contribution in [0.2, 0.25) is 0 Å². The van der Waals surface area contributed by atoms with Crippen LogP contribution in [-0.4, -0.2) is 49.0 Å². The molecular formula is C7H17N2O4. The van der Waals surface area contributed by atoms with Crippen molar-refractivity contribution in [2.24, 2.45) is 5.73 Å². The van der Waals surface area contributed by atoms with Crippen molar-refractivity contribution in [1.29, 1.82) is 0 Å². The van der Waals surface area contributed by atoms with Crippen LogP contribution in [0, 0.1) is 0 Å². The summed E-state index contributed by atoms with van der Waals surface area (Å²) in [7, 11) is 1.51. The first-order chi connectivity index (χ1) is 6.10. The highest BCUT2D eigenvalue weighted by molar-refractivity contribution is 4.76. The highest BCUT2D eigenvalue weighted by Crippen LogP contribution is 2.08. The fourth-order valence-electron chi connectivity index (χ4n) is 0.760. The molecule has 5 N–H and O–H groups in total. The number of nitrogens with one attached hydrogen (secondary N) is 1. The average Bonchev–Trinajstić information content (AvgIpc) is 2.16. The van der Waals surface area contributed by atoms with Crippen molar-refractivity contribution in [1.82, 2.24) is 5.32 Å². The van der Waals surface area contributed by atoms with Gasteiger partial charge in [-0.05, 0) is 13.5 Å². The Labute approximate surface area is 77.3 Å². The third-order valence-corrected chi connectivity index (χ3v) is 1.66. The second-order valence-electron chi connectivity index (χ2n) is 2.68. The van der Waals surface area contributed by atoms with E-state index in [4.69, 9.17) is 15.6 Å². The lowest BCUT2D eigenvalue weighted by Crippen LogP contribution is -2.59. The molecule has 1 radical (unpaired) electrons. The average molecular weight is 193 g/mol. The van der Waals surface area contributed by atoms with Gasteiger partial charge in [0.25, 0.3) is 0 Å². The van der Waals surface area contributed by atoms with Gasteiger partial charge in [-0.15, -0.1) is 0 Å². The molecule has 0 rings (SSSR count). The molecule has 0 aliphatic carbocycles. The second-order valence-corrected chi connectivity index (χ2v) is 2.68. The molecule has 0 bridgehead atoms. The molecule has 6 nitrogen and oxygen atoms in total. The zero-order valence-electron chi connectivity index (χ0n) is 7.69. The third kappa shape index (κ3) is 3.99. The van der Waals surface area contributed by atoms with Gasteiger partial charge in [-0.25, -0.2) is 5.11 Å². The number of ether oxygens (including phenoxy) is 1. The number of aliphatic hydroxyl groups is 2. The summed E-state index contributed by atoms with van der Waals surface area (Å²) in [6.45, 7) is -0.797. The summed E-state index contributed by atoms with van der Waals surface area (Å²) in [4.78, 5) is 0. The van der Waals surface area contributed by atoms with Gasteiger partial charge in [0.1, 0.15) is 12.8 Å². The number of nitrogens with two attached hydrogens (primary N) is 1. The summed E-state index contributed by atoms with van der Waals surface area (Å²) >= 11 is 0. The highest BCUT2D eigenvalue weighted by Gasteiger charge is 2.34. The molecule has 0 aliphatic rings. The molecule has 0 aromatic rings. The predicted octanol–water partition coefficient (Wildman–Crippen LogP) is -1.99. The van der Waals surface area contributed by atoms with E-state index in [-0.39, 0.29) is 13.2 Å². The van der Waals surface area contributed by atoms with Crippen LogP contribution in [0.5, 0.6) is 0 Å². The molecule has 13 heavy (non-hydrogen) atoms. The topological polar surface area (TPSA) is 108 Å². The molecule has 2 atom stereocenters. The van der Waals surface area contributed by atoms with E-state index in [1.165, 1.54) is 7.05 Å². The third-order valence-electron chi connectivity index (χ3n) is 1.66. The first-order valence-electron chi connectivity index (χ1n) is 4.09. The molecule has 79 valence electrons. The van der Waals surface area contributed by atoms with Crippen LogP contribution in [-0.2, 0) is 9.84 Å². The minimum Gasteiger partial charge on any atom is -0.396 e. The van der Waals surface area contributed by atoms with Crippen molar-refractivity contribution >= 4 is 0 Å². The van der Waals surface area contributed by atoms with E-state index >= 15 is 0 Å². The molecule has 0 aliphatic heterocycles. The molecule has 6 heteroatoms. The first-order valence-corrected chi connectivity index (χ1v) is 4.09. The van der Waals surface area contributed by atoms with Crippen molar-refractivity contribution in [2.75, 3.05) is 26.9 Å². The maximum atomic E-state index is 10.6. The van der Waals surface area contributed by atoms with Gasteiger partial charge in [0.05, 0.1) is 6.61 Å². The first kappa shape index (κ1) is 12.8. The lowest BCUT2D eigenvalue weighted by Gasteiger charge is -2.30. The van der Waals surface area contributed by atoms with Gasteiger partial charge in [-0.3, -0.25) is 0 Å². The number of rotatable bonds is 7. The predicted molar refractivity (Wildman–Crippen MR) is 45.2 cm³/mol. The Kier molecular flexibility index (Phi) is 6.13. The molecule has 0 heterocycles. The Morgan fingerprint density at radius 1 is 1.69 bits per heavy atom. The number of hydrogen-bond acceptors (Lipinski definition) is 5. The van der Waals surface area contributed by atoms with Gasteiger partial charge in [-0.1, -0.05) is 0 Å². The Hall–Kier alpha value is -0.240. The quantitative estimate of drug-likeness (QED) is 0.276. The zero-order valence-corrected chi connectivity index (χ0v) is 7.69. The fraction of sp³-hybridized carbons (Fsp3) is 1.00. The Morgan fingerprint density at radius 2 is 2.31 bits per heavy atom. The molecule has 0 aromatic carbocycles. The van der Waals surface area contributed by atoms with Crippen molar-refractivity contribution in [3.05, 3.63) is 0 Å². The minimum atomic E-state index is -1.90. The molecule has 0 aromatic heterocycles. The normalized spacial score (nSPS) is 18.2. The molecule has 0 saturated carbocycles. The van der Waals surface area contributed by atoms with E-state index in [0.717, 1.165) is 0 Å². The van der Waals surface area contributed by atoms with E-state index in [1.807, 2.05) is 0 Å². The Morgan fingerprint density at radius 3 is 2.69 bits per heavy atom. The summed E-state index contributed by atoms with van der Waals surface area (Å²) < 4.78 is 4.87. The van der Waals surface area contributed by atoms with Crippen LogP contribution in [0.4, 0.5) is 0 Å². The van der Waals surface area contributed by atoms with E-state index in [9.17, 15) is 10.2 Å². The lowest BCUT2D eigenvalue weighted by molar-refractivity contribution is -0.249. The van der Waals surface area contributed by atoms with Crippen molar-refractivity contribution < 1.29 is 20.1 Å². The minimum absolute atomic E-state index is 0.0519. The van der Waals surface area contributed by atoms with Crippen LogP contribution in [0.25, 0.3) is 0 Å². The monoisotopic (exact) mass is 193 g/mol. The van der Waals surface area contributed by atoms with E-state index in [2.05, 4.69) is 5.32 Å². The fourth-order valence-corrected chi connectivity index (χ4v) is 0.760. The van der Waals surface area contributed by atoms with Crippen LogP contribution >= 0.6 is 0 Å². The van der Waals surface area contributed by atoms with Gasteiger partial charge in [0.2, 0.25) is 5.79 Å². The number of likely N-dealkylation sites (N-methyl/N-ethyl adjacent to an activating group) is 1. The van der Waals surface area contributed by atoms with E-state index in [0.29, 0.717) is 6.42 Å². The summed E-state index contributed by atoms with van der Waals surface area (Å²) in [5, 5.41) is 31.1. The molecule has 0 spiro atoms. The smallest absolute Gasteiger partial charge is 0.222 e. The standard InChI is InChI=1S/C7H17N2O4/c1-9-6(8)7(12,5-11)13-4-2-3-10/h6,9-10,12H,2-5,8H2,1H3. The van der Waals surface area contributed by atoms with Crippen molar-refractivity contribution in [3.63, 3.8) is 0 Å². The summed E-state index contributed by atoms with van der Waals surface area (Å²) in [5.41, 5.74) is 5.40. The SMILES string of the molecule is CNC(N)C(O)(C[O])OCCCO. The number of hydrogen-bond donors (Lipinski definition) is 4. The van der Waals surface area contributed by atoms with Gasteiger partial charge >= 0.3 is 0 Å². The van der Waals surface area contributed by atoms with Crippen LogP contribution in [0.3, 0.4) is 0 Å². The lowest BCUT2D eigenvalue weighted by atomic mass is 10.2. The van der Waals surface area contributed by atoms with Gasteiger partial charge in [-0.2, -0.15) is 0 Å². The summed E-state index contributed by atoms with van der Waals surface area (Å²) in [6, 6.07) is 0. The number of aliphatic hydroxyl groups excluding tert-OH is 1. The maximum Gasteiger partial charge on any atom is 0.222 e. The highest BCUT2D eigenvalue weighted by atomic mass is 16.6. The van der Waals surface area contributed by atoms with Gasteiger partial charge in [0.15, 0.2) is 0 Å². The summed E-state index contributed by atoms with van der Waals surface area (Å²) in [5.74, 6) is -1.90. The molecular weight excluding hydrogens is 176 g/mol. The second kappa shape index (κ2) is 6.25. The van der Waals surface area contributed by atoms with Crippen LogP contribution in [0.1, 0.15) is 6.42 Å². The van der Waals surface area contributed by atoms with Gasteiger partial charge < -0.3 is 26.0 Å². The summed E-state index contributed by atoms with van der Waals surface area (Å²) in [6.07, 6.45) is -0.567. The van der Waals surface area contributed by atoms with Crippen LogP contribution < -0.4 is 11.1 Å². The molecule has 0 amide bonds. The Balaban J connectivity index is 3.95. The van der Waals surface area contributed by atoms with Crippen molar-refractivity contribution in [2.45, 2.75) is 18.4 Å². The van der Waals surface area contributed by atoms with Crippen molar-refractivity contribution in [3.8, 4) is 0 Å². The zero-order chi connectivity index (χ0) is 10.3. The van der Waals surface area contributed by atoms with E-state index < -0.39 is 18.6 Å². The van der Waals surface area contributed by atoms with Gasteiger partial charge in [0, 0.05) is 6.61 Å².